The highest BCUT2D eigenvalue weighted by Gasteiger charge is 2.25. The number of hydrogen-bond donors (Lipinski definition) is 0. The van der Waals surface area contributed by atoms with Crippen LogP contribution in [0.5, 0.6) is 0 Å². The van der Waals surface area contributed by atoms with E-state index in [0.29, 0.717) is 17.8 Å². The number of hydrogen-bond acceptors (Lipinski definition) is 4. The maximum atomic E-state index is 12.0. The fourth-order valence-electron chi connectivity index (χ4n) is 1.68. The molecule has 0 N–H and O–H groups in total. The number of amides is 1. The second kappa shape index (κ2) is 4.40. The molecule has 0 fully saturated rings. The van der Waals surface area contributed by atoms with Crippen molar-refractivity contribution in [1.82, 2.24) is 14.7 Å². The molecule has 0 bridgehead atoms. The first-order valence-corrected chi connectivity index (χ1v) is 5.18. The van der Waals surface area contributed by atoms with Crippen LogP contribution in [0, 0.1) is 0 Å². The lowest BCUT2D eigenvalue weighted by Gasteiger charge is -2.14. The molecule has 0 unspecified atom stereocenters. The van der Waals surface area contributed by atoms with E-state index in [1.165, 1.54) is 7.11 Å². The number of carbonyl (C=O) groups is 2. The smallest absolute Gasteiger partial charge is 0.335 e. The number of nitrogens with zero attached hydrogens (tertiary/aromatic N) is 3. The molecule has 1 amide bonds. The first kappa shape index (κ1) is 11.4. The van der Waals surface area contributed by atoms with Crippen LogP contribution >= 0.6 is 0 Å². The summed E-state index contributed by atoms with van der Waals surface area (Å²) in [5.74, 6) is -0.568. The molecule has 6 nitrogen and oxygen atoms in total. The summed E-state index contributed by atoms with van der Waals surface area (Å²) in [5, 5.41) is 4.03. The fourth-order valence-corrected chi connectivity index (χ4v) is 1.68. The van der Waals surface area contributed by atoms with Gasteiger partial charge in [-0.2, -0.15) is 5.10 Å². The molecule has 0 aromatic carbocycles. The van der Waals surface area contributed by atoms with Crippen molar-refractivity contribution in [3.63, 3.8) is 0 Å². The van der Waals surface area contributed by atoms with E-state index < -0.39 is 0 Å². The summed E-state index contributed by atoms with van der Waals surface area (Å²) in [4.78, 5) is 24.8. The van der Waals surface area contributed by atoms with Crippen molar-refractivity contribution >= 4 is 11.9 Å². The van der Waals surface area contributed by atoms with Gasteiger partial charge >= 0.3 is 5.97 Å². The second-order valence-corrected chi connectivity index (χ2v) is 3.78. The van der Waals surface area contributed by atoms with Gasteiger partial charge in [0.25, 0.3) is 5.91 Å². The Bertz CT molecular complexity index is 490. The molecule has 0 radical (unpaired) electrons. The molecule has 0 saturated heterocycles. The zero-order valence-corrected chi connectivity index (χ0v) is 9.71. The minimum Gasteiger partial charge on any atom is -0.466 e. The van der Waals surface area contributed by atoms with E-state index in [9.17, 15) is 9.59 Å². The normalized spacial score (nSPS) is 14.7. The molecule has 1 aromatic heterocycles. The maximum absolute atomic E-state index is 12.0. The number of aryl methyl sites for hydroxylation is 1. The fraction of sp³-hybridized carbons (Fsp3) is 0.364. The Labute approximate surface area is 98.5 Å². The van der Waals surface area contributed by atoms with Crippen molar-refractivity contribution in [2.75, 3.05) is 20.2 Å². The van der Waals surface area contributed by atoms with E-state index in [2.05, 4.69) is 9.84 Å². The van der Waals surface area contributed by atoms with Gasteiger partial charge in [-0.25, -0.2) is 4.79 Å². The summed E-state index contributed by atoms with van der Waals surface area (Å²) < 4.78 is 6.17. The van der Waals surface area contributed by atoms with Crippen LogP contribution in [-0.2, 0) is 16.6 Å². The highest BCUT2D eigenvalue weighted by Crippen LogP contribution is 2.13. The monoisotopic (exact) mass is 235 g/mol. The van der Waals surface area contributed by atoms with Gasteiger partial charge in [0, 0.05) is 19.8 Å². The molecule has 0 spiro atoms. The van der Waals surface area contributed by atoms with Crippen molar-refractivity contribution in [2.45, 2.75) is 0 Å². The predicted molar refractivity (Wildman–Crippen MR) is 59.2 cm³/mol. The van der Waals surface area contributed by atoms with E-state index in [1.54, 1.807) is 35.0 Å². The Morgan fingerprint density at radius 3 is 2.82 bits per heavy atom. The molecule has 1 aromatic rings. The van der Waals surface area contributed by atoms with Gasteiger partial charge in [-0.05, 0) is 6.07 Å². The van der Waals surface area contributed by atoms with Crippen molar-refractivity contribution in [2.24, 2.45) is 7.05 Å². The van der Waals surface area contributed by atoms with Crippen LogP contribution < -0.4 is 0 Å². The zero-order valence-electron chi connectivity index (χ0n) is 9.71. The first-order valence-electron chi connectivity index (χ1n) is 5.18. The van der Waals surface area contributed by atoms with Crippen molar-refractivity contribution < 1.29 is 14.3 Å². The third kappa shape index (κ3) is 2.20. The van der Waals surface area contributed by atoms with Gasteiger partial charge < -0.3 is 9.64 Å². The summed E-state index contributed by atoms with van der Waals surface area (Å²) in [5.41, 5.74) is 0.892. The number of ether oxygens (including phenoxy) is 1. The lowest BCUT2D eigenvalue weighted by atomic mass is 10.3. The molecule has 0 saturated carbocycles. The number of aromatic nitrogens is 2. The second-order valence-electron chi connectivity index (χ2n) is 3.78. The minimum atomic E-state index is -0.388. The Balaban J connectivity index is 2.03. The zero-order chi connectivity index (χ0) is 12.4. The van der Waals surface area contributed by atoms with Crippen molar-refractivity contribution in [3.05, 3.63) is 29.6 Å². The standard InChI is InChI=1S/C11H13N3O3/c1-13-5-4-9(12-13)10(15)14-6-3-8(7-14)11(16)17-2/h3-5H,6-7H2,1-2H3. The molecule has 1 aliphatic rings. The minimum absolute atomic E-state index is 0.180. The van der Waals surface area contributed by atoms with Gasteiger partial charge in [0.2, 0.25) is 0 Å². The lowest BCUT2D eigenvalue weighted by molar-refractivity contribution is -0.136. The van der Waals surface area contributed by atoms with Crippen LogP contribution in [0.4, 0.5) is 0 Å². The summed E-state index contributed by atoms with van der Waals surface area (Å²) in [7, 11) is 3.07. The van der Waals surface area contributed by atoms with E-state index in [0.717, 1.165) is 0 Å². The van der Waals surface area contributed by atoms with Crippen molar-refractivity contribution in [1.29, 1.82) is 0 Å². The third-order valence-corrected chi connectivity index (χ3v) is 2.59. The Morgan fingerprint density at radius 2 is 2.24 bits per heavy atom. The maximum Gasteiger partial charge on any atom is 0.335 e. The van der Waals surface area contributed by atoms with E-state index in [1.807, 2.05) is 0 Å². The molecule has 2 heterocycles. The van der Waals surface area contributed by atoms with Crippen LogP contribution in [-0.4, -0.2) is 46.8 Å². The van der Waals surface area contributed by atoms with E-state index in [4.69, 9.17) is 0 Å². The highest BCUT2D eigenvalue weighted by atomic mass is 16.5. The summed E-state index contributed by atoms with van der Waals surface area (Å²) in [6, 6.07) is 1.65. The van der Waals surface area contributed by atoms with E-state index in [-0.39, 0.29) is 18.4 Å². The topological polar surface area (TPSA) is 64.4 Å². The van der Waals surface area contributed by atoms with Gasteiger partial charge in [-0.15, -0.1) is 0 Å². The van der Waals surface area contributed by atoms with Gasteiger partial charge in [0.05, 0.1) is 19.2 Å². The number of carbonyl (C=O) groups excluding carboxylic acids is 2. The summed E-state index contributed by atoms with van der Waals surface area (Å²) >= 11 is 0. The lowest BCUT2D eigenvalue weighted by Crippen LogP contribution is -2.30. The average Bonchev–Trinajstić information content (AvgIpc) is 2.95. The molecule has 6 heteroatoms. The molecule has 0 aliphatic carbocycles. The SMILES string of the molecule is COC(=O)C1=CCN(C(=O)c2ccn(C)n2)C1. The Kier molecular flexibility index (Phi) is 2.95. The van der Waals surface area contributed by atoms with Gasteiger partial charge in [0.1, 0.15) is 5.69 Å². The van der Waals surface area contributed by atoms with Gasteiger partial charge in [0.15, 0.2) is 0 Å². The van der Waals surface area contributed by atoms with Crippen LogP contribution in [0.1, 0.15) is 10.5 Å². The van der Waals surface area contributed by atoms with E-state index >= 15 is 0 Å². The number of rotatable bonds is 2. The van der Waals surface area contributed by atoms with Crippen LogP contribution in [0.2, 0.25) is 0 Å². The Morgan fingerprint density at radius 1 is 1.47 bits per heavy atom. The summed E-state index contributed by atoms with van der Waals surface area (Å²) in [6.45, 7) is 0.696. The highest BCUT2D eigenvalue weighted by molar-refractivity contribution is 5.96. The molecule has 2 rings (SSSR count). The first-order chi connectivity index (χ1) is 8.11. The number of esters is 1. The molecular formula is C11H13N3O3. The molecule has 1 aliphatic heterocycles. The molecular weight excluding hydrogens is 222 g/mol. The predicted octanol–water partition coefficient (Wildman–Crippen LogP) is -0.0247. The van der Waals surface area contributed by atoms with Crippen LogP contribution in [0.3, 0.4) is 0 Å². The van der Waals surface area contributed by atoms with Crippen LogP contribution in [0.25, 0.3) is 0 Å². The molecule has 17 heavy (non-hydrogen) atoms. The Hall–Kier alpha value is -2.11. The number of methoxy groups -OCH3 is 1. The average molecular weight is 235 g/mol. The van der Waals surface area contributed by atoms with Crippen molar-refractivity contribution in [3.8, 4) is 0 Å². The quantitative estimate of drug-likeness (QED) is 0.675. The van der Waals surface area contributed by atoms with Gasteiger partial charge in [-0.3, -0.25) is 9.48 Å². The third-order valence-electron chi connectivity index (χ3n) is 2.59. The largest absolute Gasteiger partial charge is 0.466 e. The van der Waals surface area contributed by atoms with Gasteiger partial charge in [-0.1, -0.05) is 6.08 Å². The van der Waals surface area contributed by atoms with Crippen LogP contribution in [0.15, 0.2) is 23.9 Å². The molecule has 0 atom stereocenters. The summed E-state index contributed by atoms with van der Waals surface area (Å²) in [6.07, 6.45) is 3.41. The molecule has 90 valence electrons.